The molecule has 3 aromatic carbocycles. The van der Waals surface area contributed by atoms with Crippen molar-refractivity contribution >= 4 is 34.2 Å². The van der Waals surface area contributed by atoms with Crippen molar-refractivity contribution < 1.29 is 18.7 Å². The first-order valence-corrected chi connectivity index (χ1v) is 10.3. The van der Waals surface area contributed by atoms with Crippen molar-refractivity contribution in [1.29, 1.82) is 0 Å². The zero-order valence-corrected chi connectivity index (χ0v) is 18.1. The van der Waals surface area contributed by atoms with Crippen LogP contribution in [-0.2, 0) is 0 Å². The summed E-state index contributed by atoms with van der Waals surface area (Å²) in [4.78, 5) is 28.7. The normalized spacial score (nSPS) is 15.2. The quantitative estimate of drug-likeness (QED) is 0.429. The summed E-state index contributed by atoms with van der Waals surface area (Å²) in [7, 11) is 3.08. The lowest BCUT2D eigenvalue weighted by Crippen LogP contribution is -2.29. The summed E-state index contributed by atoms with van der Waals surface area (Å²) < 4.78 is 16.8. The van der Waals surface area contributed by atoms with Gasteiger partial charge in [0.2, 0.25) is 5.76 Å². The first-order valence-electron chi connectivity index (χ1n) is 9.90. The van der Waals surface area contributed by atoms with E-state index in [0.717, 1.165) is 0 Å². The molecule has 4 aromatic rings. The number of para-hydroxylation sites is 1. The minimum atomic E-state index is -0.709. The maximum atomic E-state index is 13.6. The topological polar surface area (TPSA) is 69.0 Å². The van der Waals surface area contributed by atoms with Gasteiger partial charge in [-0.25, -0.2) is 0 Å². The molecule has 0 fully saturated rings. The molecule has 0 bridgehead atoms. The monoisotopic (exact) mass is 447 g/mol. The maximum Gasteiger partial charge on any atom is 0.295 e. The van der Waals surface area contributed by atoms with Crippen molar-refractivity contribution in [1.82, 2.24) is 0 Å². The lowest BCUT2D eigenvalue weighted by Gasteiger charge is -2.25. The Bertz CT molecular complexity index is 1410. The van der Waals surface area contributed by atoms with Gasteiger partial charge in [0, 0.05) is 10.7 Å². The number of carbonyl (C=O) groups is 1. The van der Waals surface area contributed by atoms with Gasteiger partial charge in [0.05, 0.1) is 31.2 Å². The zero-order chi connectivity index (χ0) is 22.4. The molecule has 5 rings (SSSR count). The Labute approximate surface area is 188 Å². The van der Waals surface area contributed by atoms with Gasteiger partial charge in [0.1, 0.15) is 5.58 Å². The maximum absolute atomic E-state index is 13.6. The van der Waals surface area contributed by atoms with Crippen molar-refractivity contribution in [2.45, 2.75) is 6.04 Å². The SMILES string of the molecule is COc1ccc(C2c3c(oc4ccc(Cl)cc4c3=O)C(=O)N2c2ccccc2)cc1OC. The fourth-order valence-corrected chi connectivity index (χ4v) is 4.31. The Morgan fingerprint density at radius 1 is 0.906 bits per heavy atom. The molecule has 0 saturated carbocycles. The fourth-order valence-electron chi connectivity index (χ4n) is 4.14. The van der Waals surface area contributed by atoms with Crippen molar-refractivity contribution in [3.63, 3.8) is 0 Å². The molecule has 1 amide bonds. The van der Waals surface area contributed by atoms with Crippen molar-refractivity contribution in [2.75, 3.05) is 19.1 Å². The van der Waals surface area contributed by atoms with Crippen LogP contribution in [0, 0.1) is 0 Å². The second kappa shape index (κ2) is 7.73. The van der Waals surface area contributed by atoms with E-state index >= 15 is 0 Å². The Morgan fingerprint density at radius 2 is 1.66 bits per heavy atom. The number of benzene rings is 3. The molecule has 0 radical (unpaired) electrons. The van der Waals surface area contributed by atoms with Gasteiger partial charge in [-0.15, -0.1) is 0 Å². The number of fused-ring (bicyclic) bond motifs is 2. The highest BCUT2D eigenvalue weighted by Crippen LogP contribution is 2.43. The van der Waals surface area contributed by atoms with Crippen LogP contribution in [0.2, 0.25) is 5.02 Å². The third kappa shape index (κ3) is 3.03. The highest BCUT2D eigenvalue weighted by molar-refractivity contribution is 6.31. The van der Waals surface area contributed by atoms with E-state index in [1.165, 1.54) is 7.11 Å². The fraction of sp³-hybridized carbons (Fsp3) is 0.120. The van der Waals surface area contributed by atoms with Gasteiger partial charge in [0.25, 0.3) is 5.91 Å². The molecular formula is C25H18ClNO5. The number of halogens is 1. The Morgan fingerprint density at radius 3 is 2.38 bits per heavy atom. The molecule has 32 heavy (non-hydrogen) atoms. The van der Waals surface area contributed by atoms with Crippen LogP contribution in [0.3, 0.4) is 0 Å². The molecule has 1 aliphatic heterocycles. The summed E-state index contributed by atoms with van der Waals surface area (Å²) in [6.45, 7) is 0. The Balaban J connectivity index is 1.82. The number of hydrogen-bond acceptors (Lipinski definition) is 5. The standard InChI is InChI=1S/C25H18ClNO5/c1-30-19-10-8-14(12-20(19)31-2)22-21-23(28)17-13-15(26)9-11-18(17)32-24(21)25(29)27(22)16-6-4-3-5-7-16/h3-13,22H,1-2H3. The average Bonchev–Trinajstić information content (AvgIpc) is 3.12. The molecule has 1 unspecified atom stereocenters. The highest BCUT2D eigenvalue weighted by atomic mass is 35.5. The van der Waals surface area contributed by atoms with E-state index < -0.39 is 6.04 Å². The predicted octanol–water partition coefficient (Wildman–Crippen LogP) is 5.21. The molecule has 1 aromatic heterocycles. The second-order valence-corrected chi connectivity index (χ2v) is 7.78. The van der Waals surface area contributed by atoms with E-state index in [-0.39, 0.29) is 22.7 Å². The van der Waals surface area contributed by atoms with E-state index in [1.54, 1.807) is 42.3 Å². The summed E-state index contributed by atoms with van der Waals surface area (Å²) in [5.41, 5.74) is 1.61. The number of ether oxygens (including phenoxy) is 2. The molecule has 0 saturated heterocycles. The van der Waals surface area contributed by atoms with Crippen LogP contribution in [0.4, 0.5) is 5.69 Å². The largest absolute Gasteiger partial charge is 0.493 e. The van der Waals surface area contributed by atoms with Crippen molar-refractivity contribution in [3.05, 3.63) is 98.9 Å². The van der Waals surface area contributed by atoms with Gasteiger partial charge in [-0.05, 0) is 48.0 Å². The summed E-state index contributed by atoms with van der Waals surface area (Å²) in [5.74, 6) is 0.671. The van der Waals surface area contributed by atoms with Gasteiger partial charge in [-0.2, -0.15) is 0 Å². The van der Waals surface area contributed by atoms with E-state index in [0.29, 0.717) is 38.7 Å². The van der Waals surface area contributed by atoms with Crippen LogP contribution in [0.1, 0.15) is 27.7 Å². The van der Waals surface area contributed by atoms with E-state index in [1.807, 2.05) is 36.4 Å². The summed E-state index contributed by atoms with van der Waals surface area (Å²) in [5, 5.41) is 0.737. The van der Waals surface area contributed by atoms with Crippen LogP contribution < -0.4 is 19.8 Å². The number of rotatable bonds is 4. The Hall–Kier alpha value is -3.77. The van der Waals surface area contributed by atoms with Crippen LogP contribution >= 0.6 is 11.6 Å². The number of nitrogens with zero attached hydrogens (tertiary/aromatic N) is 1. The smallest absolute Gasteiger partial charge is 0.295 e. The number of anilines is 1. The van der Waals surface area contributed by atoms with E-state index in [9.17, 15) is 9.59 Å². The minimum Gasteiger partial charge on any atom is -0.493 e. The van der Waals surface area contributed by atoms with Crippen LogP contribution in [0.5, 0.6) is 11.5 Å². The van der Waals surface area contributed by atoms with Crippen molar-refractivity contribution in [3.8, 4) is 11.5 Å². The Kier molecular flexibility index (Phi) is 4.87. The van der Waals surface area contributed by atoms with Crippen LogP contribution in [0.25, 0.3) is 11.0 Å². The number of carbonyl (C=O) groups excluding carboxylic acids is 1. The molecular weight excluding hydrogens is 430 g/mol. The molecule has 2 heterocycles. The van der Waals surface area contributed by atoms with Gasteiger partial charge >= 0.3 is 0 Å². The average molecular weight is 448 g/mol. The van der Waals surface area contributed by atoms with Gasteiger partial charge in [0.15, 0.2) is 16.9 Å². The zero-order valence-electron chi connectivity index (χ0n) is 17.3. The van der Waals surface area contributed by atoms with Crippen molar-refractivity contribution in [2.24, 2.45) is 0 Å². The minimum absolute atomic E-state index is 0.0217. The van der Waals surface area contributed by atoms with Crippen LogP contribution in [0.15, 0.2) is 75.9 Å². The summed E-state index contributed by atoms with van der Waals surface area (Å²) in [6.07, 6.45) is 0. The van der Waals surface area contributed by atoms with Gasteiger partial charge in [-0.1, -0.05) is 35.9 Å². The third-order valence-corrected chi connectivity index (χ3v) is 5.82. The molecule has 6 nitrogen and oxygen atoms in total. The summed E-state index contributed by atoms with van der Waals surface area (Å²) >= 11 is 6.13. The third-order valence-electron chi connectivity index (χ3n) is 5.59. The first kappa shape index (κ1) is 20.2. The molecule has 160 valence electrons. The molecule has 1 atom stereocenters. The number of hydrogen-bond donors (Lipinski definition) is 0. The second-order valence-electron chi connectivity index (χ2n) is 7.34. The molecule has 1 aliphatic rings. The van der Waals surface area contributed by atoms with E-state index in [4.69, 9.17) is 25.5 Å². The lowest BCUT2D eigenvalue weighted by molar-refractivity contribution is 0.0971. The predicted molar refractivity (Wildman–Crippen MR) is 122 cm³/mol. The van der Waals surface area contributed by atoms with Crippen LogP contribution in [-0.4, -0.2) is 20.1 Å². The highest BCUT2D eigenvalue weighted by Gasteiger charge is 2.43. The lowest BCUT2D eigenvalue weighted by atomic mass is 9.97. The van der Waals surface area contributed by atoms with Gasteiger partial charge in [-0.3, -0.25) is 14.5 Å². The summed E-state index contributed by atoms with van der Waals surface area (Å²) in [6, 6.07) is 18.6. The molecule has 7 heteroatoms. The molecule has 0 N–H and O–H groups in total. The van der Waals surface area contributed by atoms with E-state index in [2.05, 4.69) is 0 Å². The number of amides is 1. The van der Waals surface area contributed by atoms with Gasteiger partial charge < -0.3 is 13.9 Å². The number of methoxy groups -OCH3 is 2. The molecule has 0 spiro atoms. The first-order chi connectivity index (χ1) is 15.5. The molecule has 0 aliphatic carbocycles.